The molecule has 0 radical (unpaired) electrons. The number of anilines is 2. The van der Waals surface area contributed by atoms with Gasteiger partial charge in [0.1, 0.15) is 5.69 Å². The zero-order valence-electron chi connectivity index (χ0n) is 10.8. The van der Waals surface area contributed by atoms with Gasteiger partial charge in [0, 0.05) is 18.3 Å². The van der Waals surface area contributed by atoms with E-state index in [9.17, 15) is 10.1 Å². The van der Waals surface area contributed by atoms with Gasteiger partial charge in [0.05, 0.1) is 26.9 Å². The number of nitrogens with zero attached hydrogens (tertiary/aromatic N) is 3. The second-order valence-electron chi connectivity index (χ2n) is 4.47. The lowest BCUT2D eigenvalue weighted by molar-refractivity contribution is -0.383. The summed E-state index contributed by atoms with van der Waals surface area (Å²) in [5, 5.41) is 18.5. The standard InChI is InChI=1S/C12H12Cl2N4O2/c1-7(2)17-6-8(5-15-17)16-11-3-9(13)10(14)4-12(11)18(19)20/h3-7,16H,1-2H3. The number of halogens is 2. The molecule has 0 amide bonds. The van der Waals surface area contributed by atoms with Crippen LogP contribution in [0.2, 0.25) is 10.0 Å². The van der Waals surface area contributed by atoms with E-state index in [4.69, 9.17) is 23.2 Å². The molecule has 2 aromatic rings. The Bertz CT molecular complexity index is 655. The maximum absolute atomic E-state index is 11.0. The Morgan fingerprint density at radius 1 is 1.35 bits per heavy atom. The molecule has 1 aromatic heterocycles. The molecule has 0 saturated carbocycles. The highest BCUT2D eigenvalue weighted by atomic mass is 35.5. The van der Waals surface area contributed by atoms with Crippen LogP contribution in [0.25, 0.3) is 0 Å². The van der Waals surface area contributed by atoms with Crippen molar-refractivity contribution >= 4 is 40.3 Å². The van der Waals surface area contributed by atoms with E-state index >= 15 is 0 Å². The second-order valence-corrected chi connectivity index (χ2v) is 5.28. The van der Waals surface area contributed by atoms with Gasteiger partial charge in [0.25, 0.3) is 5.69 Å². The Morgan fingerprint density at radius 2 is 2.00 bits per heavy atom. The first kappa shape index (κ1) is 14.6. The number of nitro benzene ring substituents is 1. The molecule has 1 heterocycles. The van der Waals surface area contributed by atoms with E-state index in [1.807, 2.05) is 13.8 Å². The molecule has 0 aliphatic heterocycles. The first-order chi connectivity index (χ1) is 9.38. The smallest absolute Gasteiger partial charge is 0.294 e. The molecule has 0 fully saturated rings. The van der Waals surface area contributed by atoms with E-state index < -0.39 is 4.92 Å². The quantitative estimate of drug-likeness (QED) is 0.669. The van der Waals surface area contributed by atoms with Crippen molar-refractivity contribution in [1.29, 1.82) is 0 Å². The maximum Gasteiger partial charge on any atom is 0.294 e. The summed E-state index contributed by atoms with van der Waals surface area (Å²) in [6, 6.07) is 2.85. The van der Waals surface area contributed by atoms with Crippen molar-refractivity contribution < 1.29 is 4.92 Å². The summed E-state index contributed by atoms with van der Waals surface area (Å²) in [4.78, 5) is 10.5. The molecule has 6 nitrogen and oxygen atoms in total. The van der Waals surface area contributed by atoms with Gasteiger partial charge in [0.15, 0.2) is 0 Å². The van der Waals surface area contributed by atoms with Gasteiger partial charge in [-0.3, -0.25) is 14.8 Å². The maximum atomic E-state index is 11.0. The van der Waals surface area contributed by atoms with Crippen molar-refractivity contribution in [2.45, 2.75) is 19.9 Å². The number of nitrogens with one attached hydrogen (secondary N) is 1. The Kier molecular flexibility index (Phi) is 4.15. The molecule has 1 aromatic carbocycles. The Hall–Kier alpha value is -1.79. The molecule has 0 saturated heterocycles. The summed E-state index contributed by atoms with van der Waals surface area (Å²) in [5.74, 6) is 0. The minimum Gasteiger partial charge on any atom is -0.347 e. The van der Waals surface area contributed by atoms with Crippen molar-refractivity contribution in [1.82, 2.24) is 9.78 Å². The number of hydrogen-bond donors (Lipinski definition) is 1. The summed E-state index contributed by atoms with van der Waals surface area (Å²) in [5.41, 5.74) is 0.768. The van der Waals surface area contributed by atoms with Crippen molar-refractivity contribution in [3.63, 3.8) is 0 Å². The van der Waals surface area contributed by atoms with Crippen molar-refractivity contribution in [2.24, 2.45) is 0 Å². The van der Waals surface area contributed by atoms with Crippen molar-refractivity contribution in [3.8, 4) is 0 Å². The molecule has 0 spiro atoms. The lowest BCUT2D eigenvalue weighted by Crippen LogP contribution is -2.00. The normalized spacial score (nSPS) is 10.8. The van der Waals surface area contributed by atoms with Crippen LogP contribution in [0.15, 0.2) is 24.5 Å². The van der Waals surface area contributed by atoms with Gasteiger partial charge in [-0.05, 0) is 19.9 Å². The lowest BCUT2D eigenvalue weighted by Gasteiger charge is -2.07. The molecule has 0 aliphatic rings. The fourth-order valence-corrected chi connectivity index (χ4v) is 1.95. The number of nitro groups is 1. The molecule has 0 bridgehead atoms. The van der Waals surface area contributed by atoms with Crippen LogP contribution in [0.1, 0.15) is 19.9 Å². The van der Waals surface area contributed by atoms with Crippen LogP contribution in [0.5, 0.6) is 0 Å². The van der Waals surface area contributed by atoms with Gasteiger partial charge in [-0.15, -0.1) is 0 Å². The van der Waals surface area contributed by atoms with E-state index in [1.165, 1.54) is 12.1 Å². The van der Waals surface area contributed by atoms with Gasteiger partial charge >= 0.3 is 0 Å². The highest BCUT2D eigenvalue weighted by Crippen LogP contribution is 2.35. The molecular formula is C12H12Cl2N4O2. The predicted octanol–water partition coefficient (Wildman–Crippen LogP) is 4.42. The second kappa shape index (κ2) is 5.68. The Labute approximate surface area is 125 Å². The van der Waals surface area contributed by atoms with Gasteiger partial charge in [0.2, 0.25) is 0 Å². The fraction of sp³-hybridized carbons (Fsp3) is 0.250. The Balaban J connectivity index is 2.36. The van der Waals surface area contributed by atoms with E-state index in [-0.39, 0.29) is 27.5 Å². The number of hydrogen-bond acceptors (Lipinski definition) is 4. The van der Waals surface area contributed by atoms with E-state index in [0.29, 0.717) is 5.69 Å². The molecule has 1 N–H and O–H groups in total. The topological polar surface area (TPSA) is 73.0 Å². The minimum atomic E-state index is -0.516. The van der Waals surface area contributed by atoms with Gasteiger partial charge < -0.3 is 5.32 Å². The van der Waals surface area contributed by atoms with Crippen molar-refractivity contribution in [2.75, 3.05) is 5.32 Å². The summed E-state index contributed by atoms with van der Waals surface area (Å²) < 4.78 is 1.74. The zero-order chi connectivity index (χ0) is 14.9. The highest BCUT2D eigenvalue weighted by molar-refractivity contribution is 6.42. The van der Waals surface area contributed by atoms with Crippen LogP contribution in [-0.4, -0.2) is 14.7 Å². The SMILES string of the molecule is CC(C)n1cc(Nc2cc(Cl)c(Cl)cc2[N+](=O)[O-])cn1. The third-order valence-electron chi connectivity index (χ3n) is 2.64. The molecule has 8 heteroatoms. The molecular weight excluding hydrogens is 303 g/mol. The molecule has 2 rings (SSSR count). The van der Waals surface area contributed by atoms with Gasteiger partial charge in [-0.1, -0.05) is 23.2 Å². The monoisotopic (exact) mass is 314 g/mol. The van der Waals surface area contributed by atoms with E-state index in [2.05, 4.69) is 10.4 Å². The number of aromatic nitrogens is 2. The zero-order valence-corrected chi connectivity index (χ0v) is 12.3. The van der Waals surface area contributed by atoms with Crippen LogP contribution < -0.4 is 5.32 Å². The van der Waals surface area contributed by atoms with Gasteiger partial charge in [-0.25, -0.2) is 0 Å². The summed E-state index contributed by atoms with van der Waals surface area (Å²) in [6.45, 7) is 3.97. The van der Waals surface area contributed by atoms with Crippen LogP contribution in [0.4, 0.5) is 17.1 Å². The molecule has 0 unspecified atom stereocenters. The van der Waals surface area contributed by atoms with E-state index in [1.54, 1.807) is 17.1 Å². The van der Waals surface area contributed by atoms with Crippen LogP contribution in [0.3, 0.4) is 0 Å². The van der Waals surface area contributed by atoms with Crippen molar-refractivity contribution in [3.05, 3.63) is 44.7 Å². The lowest BCUT2D eigenvalue weighted by atomic mass is 10.2. The molecule has 20 heavy (non-hydrogen) atoms. The first-order valence-electron chi connectivity index (χ1n) is 5.83. The third-order valence-corrected chi connectivity index (χ3v) is 3.37. The number of benzene rings is 1. The molecule has 106 valence electrons. The Morgan fingerprint density at radius 3 is 2.55 bits per heavy atom. The average molecular weight is 315 g/mol. The van der Waals surface area contributed by atoms with Crippen LogP contribution >= 0.6 is 23.2 Å². The minimum absolute atomic E-state index is 0.141. The summed E-state index contributed by atoms with van der Waals surface area (Å²) in [6.07, 6.45) is 3.35. The van der Waals surface area contributed by atoms with Gasteiger partial charge in [-0.2, -0.15) is 5.10 Å². The summed E-state index contributed by atoms with van der Waals surface area (Å²) in [7, 11) is 0. The third kappa shape index (κ3) is 3.02. The average Bonchev–Trinajstić information content (AvgIpc) is 2.82. The van der Waals surface area contributed by atoms with E-state index in [0.717, 1.165) is 0 Å². The molecule has 0 atom stereocenters. The van der Waals surface area contributed by atoms with Crippen LogP contribution in [-0.2, 0) is 0 Å². The highest BCUT2D eigenvalue weighted by Gasteiger charge is 2.17. The number of rotatable bonds is 4. The fourth-order valence-electron chi connectivity index (χ4n) is 1.63. The van der Waals surface area contributed by atoms with Crippen LogP contribution in [0, 0.1) is 10.1 Å². The summed E-state index contributed by atoms with van der Waals surface area (Å²) >= 11 is 11.7. The first-order valence-corrected chi connectivity index (χ1v) is 6.58. The predicted molar refractivity (Wildman–Crippen MR) is 79.0 cm³/mol. The molecule has 0 aliphatic carbocycles. The largest absolute Gasteiger partial charge is 0.347 e.